The minimum absolute atomic E-state index is 0. The van der Waals surface area contributed by atoms with Crippen LogP contribution >= 0.6 is 24.8 Å². The van der Waals surface area contributed by atoms with Crippen LogP contribution in [0.3, 0.4) is 0 Å². The van der Waals surface area contributed by atoms with Crippen molar-refractivity contribution in [3.8, 4) is 0 Å². The molecule has 0 radical (unpaired) electrons. The van der Waals surface area contributed by atoms with Crippen LogP contribution in [0.2, 0.25) is 0 Å². The van der Waals surface area contributed by atoms with Gasteiger partial charge >= 0.3 is 21.7 Å². The minimum Gasteiger partial charge on any atom is -0.400 e. The molecule has 1 N–H and O–H groups in total. The molecule has 1 aliphatic carbocycles. The Balaban J connectivity index is -0.000000527. The minimum atomic E-state index is 0. The molecule has 1 aliphatic rings. The van der Waals surface area contributed by atoms with Gasteiger partial charge in [0.1, 0.15) is 0 Å². The topological polar surface area (TPSA) is 20.2 Å². The van der Waals surface area contributed by atoms with Crippen molar-refractivity contribution in [1.82, 2.24) is 0 Å². The van der Waals surface area contributed by atoms with E-state index in [1.54, 1.807) is 0 Å². The van der Waals surface area contributed by atoms with Gasteiger partial charge in [0.15, 0.2) is 0 Å². The molecule has 0 fully saturated rings. The van der Waals surface area contributed by atoms with Gasteiger partial charge < -0.3 is 12.0 Å². The molecule has 0 saturated heterocycles. The summed E-state index contributed by atoms with van der Waals surface area (Å²) in [5, 5.41) is 9.46. The molecule has 142 valence electrons. The molecule has 0 aliphatic heterocycles. The van der Waals surface area contributed by atoms with Crippen molar-refractivity contribution in [3.05, 3.63) is 72.2 Å². The van der Waals surface area contributed by atoms with Crippen molar-refractivity contribution in [1.29, 1.82) is 0 Å². The summed E-state index contributed by atoms with van der Waals surface area (Å²) in [5.74, 6) is 0. The van der Waals surface area contributed by atoms with E-state index in [1.165, 1.54) is 39.5 Å². The molecule has 26 heavy (non-hydrogen) atoms. The standard InChI is InChI=1S/C17H15.C4H9.CH4O.2ClH.Ti/c1-12-7-10-17(13(12)2)16-9-8-14-5-3-4-6-15(14)11-16;1-3-4-2;1-2;;;/h3-9H,10H2,1-2H3;1,3-4H2,2H3;2H,1H3;2*1H;/q2*-1;;;;+2. The molecule has 0 aromatic heterocycles. The number of aliphatic hydroxyl groups excluding tert-OH is 1. The van der Waals surface area contributed by atoms with E-state index in [9.17, 15) is 0 Å². The third kappa shape index (κ3) is 8.42. The Hall–Kier alpha value is -0.566. The quantitative estimate of drug-likeness (QED) is 0.410. The van der Waals surface area contributed by atoms with E-state index >= 15 is 0 Å². The SMILES string of the molecule is CC1=CCC(c2[c-]c3ccccc3cc2)=C1C.CO.Cl.Cl.[CH2-]CCC.[Ti+2]. The molecule has 2 aromatic rings. The molecule has 0 heterocycles. The first-order valence-corrected chi connectivity index (χ1v) is 8.19. The van der Waals surface area contributed by atoms with Crippen molar-refractivity contribution in [2.45, 2.75) is 40.0 Å². The van der Waals surface area contributed by atoms with E-state index < -0.39 is 0 Å². The molecule has 0 atom stereocenters. The van der Waals surface area contributed by atoms with Gasteiger partial charge in [-0.3, -0.25) is 0 Å². The summed E-state index contributed by atoms with van der Waals surface area (Å²) >= 11 is 0. The molecule has 0 spiro atoms. The first kappa shape index (κ1) is 30.2. The molecular weight excluding hydrogens is 399 g/mol. The Bertz CT molecular complexity index is 691. The van der Waals surface area contributed by atoms with Crippen LogP contribution < -0.4 is 0 Å². The molecule has 4 heteroatoms. The Morgan fingerprint density at radius 2 is 1.62 bits per heavy atom. The molecule has 0 amide bonds. The summed E-state index contributed by atoms with van der Waals surface area (Å²) in [6.45, 7) is 10.1. The van der Waals surface area contributed by atoms with E-state index in [1.807, 2.05) is 0 Å². The van der Waals surface area contributed by atoms with Crippen molar-refractivity contribution >= 4 is 41.2 Å². The second-order valence-electron chi connectivity index (χ2n) is 5.51. The zero-order valence-electron chi connectivity index (χ0n) is 16.1. The van der Waals surface area contributed by atoms with Crippen LogP contribution in [-0.4, -0.2) is 12.2 Å². The van der Waals surface area contributed by atoms with Crippen molar-refractivity contribution in [2.75, 3.05) is 7.11 Å². The number of benzene rings is 2. The molecule has 1 nitrogen and oxygen atoms in total. The summed E-state index contributed by atoms with van der Waals surface area (Å²) in [5.41, 5.74) is 5.49. The number of halogens is 2. The van der Waals surface area contributed by atoms with Crippen LogP contribution in [0.1, 0.15) is 45.6 Å². The fourth-order valence-electron chi connectivity index (χ4n) is 2.40. The van der Waals surface area contributed by atoms with Crippen LogP contribution in [0.5, 0.6) is 0 Å². The third-order valence-corrected chi connectivity index (χ3v) is 3.99. The van der Waals surface area contributed by atoms with Gasteiger partial charge in [-0.05, 0) is 20.3 Å². The van der Waals surface area contributed by atoms with Crippen LogP contribution in [-0.2, 0) is 21.7 Å². The van der Waals surface area contributed by atoms with E-state index in [0.29, 0.717) is 0 Å². The number of aliphatic hydroxyl groups is 1. The van der Waals surface area contributed by atoms with E-state index in [0.717, 1.165) is 20.0 Å². The Morgan fingerprint density at radius 1 is 1.04 bits per heavy atom. The van der Waals surface area contributed by atoms with E-state index in [2.05, 4.69) is 76.2 Å². The second kappa shape index (κ2) is 16.6. The summed E-state index contributed by atoms with van der Waals surface area (Å²) < 4.78 is 0. The normalized spacial score (nSPS) is 11.5. The summed E-state index contributed by atoms with van der Waals surface area (Å²) in [7, 11) is 1.00. The predicted molar refractivity (Wildman–Crippen MR) is 117 cm³/mol. The smallest absolute Gasteiger partial charge is 0.400 e. The van der Waals surface area contributed by atoms with Crippen LogP contribution in [0.4, 0.5) is 0 Å². The summed E-state index contributed by atoms with van der Waals surface area (Å²) in [6.07, 6.45) is 5.63. The first-order valence-electron chi connectivity index (χ1n) is 8.19. The van der Waals surface area contributed by atoms with E-state index in [-0.39, 0.29) is 46.5 Å². The largest absolute Gasteiger partial charge is 2.00 e. The second-order valence-corrected chi connectivity index (χ2v) is 5.51. The molecule has 0 unspecified atom stereocenters. The number of rotatable bonds is 2. The number of hydrogen-bond acceptors (Lipinski definition) is 1. The Kier molecular flexibility index (Phi) is 19.3. The number of fused-ring (bicyclic) bond motifs is 1. The molecule has 3 rings (SSSR count). The molecule has 0 bridgehead atoms. The monoisotopic (exact) mass is 428 g/mol. The van der Waals surface area contributed by atoms with Gasteiger partial charge in [0.25, 0.3) is 0 Å². The van der Waals surface area contributed by atoms with Crippen LogP contribution in [0.15, 0.2) is 53.6 Å². The average molecular weight is 429 g/mol. The Labute approximate surface area is 186 Å². The zero-order chi connectivity index (χ0) is 17.2. The Morgan fingerprint density at radius 3 is 2.12 bits per heavy atom. The predicted octanol–water partition coefficient (Wildman–Crippen LogP) is 6.83. The van der Waals surface area contributed by atoms with Gasteiger partial charge in [0.05, 0.1) is 0 Å². The summed E-state index contributed by atoms with van der Waals surface area (Å²) in [4.78, 5) is 0. The zero-order valence-corrected chi connectivity index (χ0v) is 19.3. The van der Waals surface area contributed by atoms with Gasteiger partial charge in [0.2, 0.25) is 0 Å². The molecule has 0 saturated carbocycles. The third-order valence-electron chi connectivity index (χ3n) is 3.99. The maximum Gasteiger partial charge on any atom is 2.00 e. The van der Waals surface area contributed by atoms with Crippen molar-refractivity contribution in [3.63, 3.8) is 0 Å². The van der Waals surface area contributed by atoms with E-state index in [4.69, 9.17) is 5.11 Å². The van der Waals surface area contributed by atoms with Crippen LogP contribution in [0.25, 0.3) is 16.3 Å². The van der Waals surface area contributed by atoms with Gasteiger partial charge in [-0.2, -0.15) is 6.42 Å². The number of allylic oxidation sites excluding steroid dienone is 4. The number of unbranched alkanes of at least 4 members (excludes halogenated alkanes) is 1. The maximum atomic E-state index is 7.00. The van der Waals surface area contributed by atoms with Crippen LogP contribution in [0, 0.1) is 13.0 Å². The molecular formula is C22H30Cl2OTi. The maximum absolute atomic E-state index is 7.00. The van der Waals surface area contributed by atoms with Gasteiger partial charge in [-0.25, -0.2) is 0 Å². The first-order chi connectivity index (χ1) is 11.2. The van der Waals surface area contributed by atoms with Gasteiger partial charge in [-0.1, -0.05) is 59.7 Å². The van der Waals surface area contributed by atoms with Crippen molar-refractivity contribution < 1.29 is 26.8 Å². The van der Waals surface area contributed by atoms with Crippen molar-refractivity contribution in [2.24, 2.45) is 0 Å². The fraction of sp³-hybridized carbons (Fsp3) is 0.318. The number of hydrogen-bond donors (Lipinski definition) is 1. The van der Waals surface area contributed by atoms with Gasteiger partial charge in [-0.15, -0.1) is 60.0 Å². The molecule has 2 aromatic carbocycles. The fourth-order valence-corrected chi connectivity index (χ4v) is 2.40. The summed E-state index contributed by atoms with van der Waals surface area (Å²) in [6, 6.07) is 16.3. The van der Waals surface area contributed by atoms with Gasteiger partial charge in [0, 0.05) is 7.11 Å². The average Bonchev–Trinajstić information content (AvgIpc) is 2.95.